The van der Waals surface area contributed by atoms with Crippen LogP contribution in [0.4, 0.5) is 5.69 Å². The first kappa shape index (κ1) is 16.1. The molecule has 0 bridgehead atoms. The second-order valence-corrected chi connectivity index (χ2v) is 7.07. The Hall–Kier alpha value is -1.31. The van der Waals surface area contributed by atoms with Crippen molar-refractivity contribution in [1.29, 1.82) is 0 Å². The first-order valence-corrected chi connectivity index (χ1v) is 8.79. The van der Waals surface area contributed by atoms with Crippen LogP contribution in [0, 0.1) is 0 Å². The number of hydrogen-bond donors (Lipinski definition) is 2. The third kappa shape index (κ3) is 4.87. The van der Waals surface area contributed by atoms with Gasteiger partial charge in [-0.15, -0.1) is 0 Å². The quantitative estimate of drug-likeness (QED) is 0.858. The largest absolute Gasteiger partial charge is 0.376 e. The summed E-state index contributed by atoms with van der Waals surface area (Å²) in [6.07, 6.45) is 2.99. The zero-order valence-corrected chi connectivity index (χ0v) is 13.1. The molecule has 0 radical (unpaired) electrons. The van der Waals surface area contributed by atoms with Gasteiger partial charge in [0.1, 0.15) is 0 Å². The van der Waals surface area contributed by atoms with E-state index >= 15 is 0 Å². The third-order valence-corrected chi connectivity index (χ3v) is 3.96. The van der Waals surface area contributed by atoms with Gasteiger partial charge >= 0.3 is 0 Å². The van der Waals surface area contributed by atoms with E-state index in [2.05, 4.69) is 10.0 Å². The fourth-order valence-corrected chi connectivity index (χ4v) is 2.84. The van der Waals surface area contributed by atoms with Gasteiger partial charge in [0, 0.05) is 18.8 Å². The Morgan fingerprint density at radius 3 is 2.86 bits per heavy atom. The molecule has 2 rings (SSSR count). The van der Waals surface area contributed by atoms with Crippen molar-refractivity contribution in [3.63, 3.8) is 0 Å². The molecule has 1 aromatic carbocycles. The van der Waals surface area contributed by atoms with Gasteiger partial charge in [0.05, 0.1) is 22.9 Å². The van der Waals surface area contributed by atoms with Crippen molar-refractivity contribution in [3.05, 3.63) is 28.8 Å². The number of carbonyl (C=O) groups excluding carboxylic acids is 1. The molecule has 1 saturated heterocycles. The minimum atomic E-state index is -3.40. The van der Waals surface area contributed by atoms with Crippen molar-refractivity contribution in [2.45, 2.75) is 18.9 Å². The Morgan fingerprint density at radius 2 is 2.24 bits per heavy atom. The summed E-state index contributed by atoms with van der Waals surface area (Å²) in [7, 11) is -3.40. The van der Waals surface area contributed by atoms with Crippen molar-refractivity contribution in [1.82, 2.24) is 5.32 Å². The summed E-state index contributed by atoms with van der Waals surface area (Å²) < 4.78 is 30.1. The summed E-state index contributed by atoms with van der Waals surface area (Å²) in [6, 6.07) is 4.39. The molecule has 6 nitrogen and oxygen atoms in total. The second kappa shape index (κ2) is 6.64. The molecule has 0 saturated carbocycles. The number of anilines is 1. The van der Waals surface area contributed by atoms with Crippen molar-refractivity contribution in [3.8, 4) is 0 Å². The lowest BCUT2D eigenvalue weighted by atomic mass is 10.2. The Bertz CT molecular complexity index is 627. The van der Waals surface area contributed by atoms with Crippen LogP contribution in [0.5, 0.6) is 0 Å². The Kier molecular flexibility index (Phi) is 5.08. The van der Waals surface area contributed by atoms with Crippen LogP contribution in [-0.2, 0) is 14.8 Å². The van der Waals surface area contributed by atoms with Crippen LogP contribution in [-0.4, -0.2) is 39.8 Å². The van der Waals surface area contributed by atoms with E-state index in [-0.39, 0.29) is 22.6 Å². The lowest BCUT2D eigenvalue weighted by Gasteiger charge is -2.12. The monoisotopic (exact) mass is 332 g/mol. The molecule has 0 spiro atoms. The first-order chi connectivity index (χ1) is 9.85. The molecule has 1 aliphatic heterocycles. The molecule has 1 heterocycles. The molecule has 0 unspecified atom stereocenters. The van der Waals surface area contributed by atoms with Crippen LogP contribution >= 0.6 is 11.6 Å². The topological polar surface area (TPSA) is 84.5 Å². The van der Waals surface area contributed by atoms with Crippen LogP contribution in [0.2, 0.25) is 5.02 Å². The Balaban J connectivity index is 2.06. The average Bonchev–Trinajstić information content (AvgIpc) is 2.90. The standard InChI is InChI=1S/C13H17ClN2O4S/c1-21(18,19)16-9-4-5-12(14)11(7-9)13(17)15-8-10-3-2-6-20-10/h4-5,7,10,16H,2-3,6,8H2,1H3,(H,15,17)/t10-/m1/s1. The van der Waals surface area contributed by atoms with Gasteiger partial charge < -0.3 is 10.1 Å². The van der Waals surface area contributed by atoms with Gasteiger partial charge in [-0.25, -0.2) is 8.42 Å². The zero-order chi connectivity index (χ0) is 15.5. The molecule has 1 atom stereocenters. The molecule has 1 amide bonds. The fraction of sp³-hybridized carbons (Fsp3) is 0.462. The highest BCUT2D eigenvalue weighted by molar-refractivity contribution is 7.92. The molecule has 8 heteroatoms. The van der Waals surface area contributed by atoms with Crippen molar-refractivity contribution >= 4 is 33.2 Å². The highest BCUT2D eigenvalue weighted by atomic mass is 35.5. The van der Waals surface area contributed by atoms with Gasteiger partial charge in [-0.3, -0.25) is 9.52 Å². The molecule has 2 N–H and O–H groups in total. The molecule has 0 aromatic heterocycles. The van der Waals surface area contributed by atoms with Crippen molar-refractivity contribution < 1.29 is 17.9 Å². The summed E-state index contributed by atoms with van der Waals surface area (Å²) in [5.41, 5.74) is 0.521. The van der Waals surface area contributed by atoms with Crippen LogP contribution in [0.15, 0.2) is 18.2 Å². The maximum atomic E-state index is 12.1. The second-order valence-electron chi connectivity index (χ2n) is 4.91. The number of benzene rings is 1. The van der Waals surface area contributed by atoms with E-state index in [0.717, 1.165) is 25.7 Å². The van der Waals surface area contributed by atoms with E-state index in [1.54, 1.807) is 0 Å². The Morgan fingerprint density at radius 1 is 1.48 bits per heavy atom. The predicted octanol–water partition coefficient (Wildman–Crippen LogP) is 1.62. The van der Waals surface area contributed by atoms with Crippen LogP contribution in [0.3, 0.4) is 0 Å². The van der Waals surface area contributed by atoms with Gasteiger partial charge in [0.15, 0.2) is 0 Å². The maximum Gasteiger partial charge on any atom is 0.252 e. The summed E-state index contributed by atoms with van der Waals surface area (Å²) in [4.78, 5) is 12.1. The number of amides is 1. The molecule has 1 aliphatic rings. The minimum Gasteiger partial charge on any atom is -0.376 e. The van der Waals surface area contributed by atoms with E-state index in [4.69, 9.17) is 16.3 Å². The molecule has 116 valence electrons. The SMILES string of the molecule is CS(=O)(=O)Nc1ccc(Cl)c(C(=O)NC[C@H]2CCCO2)c1. The van der Waals surface area contributed by atoms with E-state index in [0.29, 0.717) is 12.2 Å². The van der Waals surface area contributed by atoms with E-state index in [1.165, 1.54) is 18.2 Å². The van der Waals surface area contributed by atoms with Crippen LogP contribution in [0.1, 0.15) is 23.2 Å². The molecular weight excluding hydrogens is 316 g/mol. The molecule has 21 heavy (non-hydrogen) atoms. The molecule has 1 aromatic rings. The number of ether oxygens (including phenoxy) is 1. The zero-order valence-electron chi connectivity index (χ0n) is 11.6. The highest BCUT2D eigenvalue weighted by Gasteiger charge is 2.18. The highest BCUT2D eigenvalue weighted by Crippen LogP contribution is 2.21. The summed E-state index contributed by atoms with van der Waals surface area (Å²) in [5, 5.41) is 3.01. The number of carbonyl (C=O) groups is 1. The van der Waals surface area contributed by atoms with Gasteiger partial charge in [0.25, 0.3) is 5.91 Å². The molecule has 1 fully saturated rings. The summed E-state index contributed by atoms with van der Waals surface area (Å²) in [5.74, 6) is -0.354. The molecule has 0 aliphatic carbocycles. The summed E-state index contributed by atoms with van der Waals surface area (Å²) in [6.45, 7) is 1.13. The number of nitrogens with one attached hydrogen (secondary N) is 2. The molecular formula is C13H17ClN2O4S. The maximum absolute atomic E-state index is 12.1. The van der Waals surface area contributed by atoms with Gasteiger partial charge in [0.2, 0.25) is 10.0 Å². The van der Waals surface area contributed by atoms with Crippen LogP contribution < -0.4 is 10.0 Å². The van der Waals surface area contributed by atoms with Crippen molar-refractivity contribution in [2.75, 3.05) is 24.1 Å². The Labute approximate surface area is 128 Å². The predicted molar refractivity (Wildman–Crippen MR) is 81.2 cm³/mol. The van der Waals surface area contributed by atoms with Gasteiger partial charge in [-0.05, 0) is 31.0 Å². The van der Waals surface area contributed by atoms with E-state index in [9.17, 15) is 13.2 Å². The lowest BCUT2D eigenvalue weighted by molar-refractivity contribution is 0.0858. The van der Waals surface area contributed by atoms with Gasteiger partial charge in [-0.1, -0.05) is 11.6 Å². The van der Waals surface area contributed by atoms with E-state index < -0.39 is 10.0 Å². The number of halogens is 1. The normalized spacial score (nSPS) is 18.5. The third-order valence-electron chi connectivity index (χ3n) is 3.03. The number of rotatable bonds is 5. The van der Waals surface area contributed by atoms with Crippen LogP contribution in [0.25, 0.3) is 0 Å². The smallest absolute Gasteiger partial charge is 0.252 e. The fourth-order valence-electron chi connectivity index (χ4n) is 2.08. The average molecular weight is 333 g/mol. The van der Waals surface area contributed by atoms with Gasteiger partial charge in [-0.2, -0.15) is 0 Å². The lowest BCUT2D eigenvalue weighted by Crippen LogP contribution is -2.32. The summed E-state index contributed by atoms with van der Waals surface area (Å²) >= 11 is 5.99. The number of hydrogen-bond acceptors (Lipinski definition) is 4. The first-order valence-electron chi connectivity index (χ1n) is 6.52. The minimum absolute atomic E-state index is 0.0325. The van der Waals surface area contributed by atoms with E-state index in [1.807, 2.05) is 0 Å². The van der Waals surface area contributed by atoms with Crippen molar-refractivity contribution in [2.24, 2.45) is 0 Å². The number of sulfonamides is 1.